The van der Waals surface area contributed by atoms with E-state index in [1.54, 1.807) is 0 Å². The van der Waals surface area contributed by atoms with Crippen molar-refractivity contribution in [1.82, 2.24) is 4.90 Å². The average Bonchev–Trinajstić information content (AvgIpc) is 2.41. The Kier molecular flexibility index (Phi) is 8.98. The minimum absolute atomic E-state index is 0. The lowest BCUT2D eigenvalue weighted by atomic mass is 9.83. The van der Waals surface area contributed by atoms with Crippen molar-refractivity contribution in [2.75, 3.05) is 26.2 Å². The number of rotatable bonds is 5. The molecule has 0 aromatic rings. The molecule has 0 amide bonds. The highest BCUT2D eigenvalue weighted by Gasteiger charge is 2.25. The Bertz CT molecular complexity index is 264. The monoisotopic (exact) mass is 383 g/mol. The fourth-order valence-electron chi connectivity index (χ4n) is 2.33. The van der Waals surface area contributed by atoms with Gasteiger partial charge in [0.1, 0.15) is 0 Å². The van der Waals surface area contributed by atoms with Crippen molar-refractivity contribution in [3.05, 3.63) is 0 Å². The summed E-state index contributed by atoms with van der Waals surface area (Å²) in [5, 5.41) is 9.51. The summed E-state index contributed by atoms with van der Waals surface area (Å²) >= 11 is 0. The van der Waals surface area contributed by atoms with Gasteiger partial charge in [-0.05, 0) is 31.6 Å². The van der Waals surface area contributed by atoms with Gasteiger partial charge in [0.2, 0.25) is 0 Å². The molecule has 0 unspecified atom stereocenters. The molecule has 1 rings (SSSR count). The number of aliphatic hydroxyl groups excluding tert-OH is 1. The summed E-state index contributed by atoms with van der Waals surface area (Å²) in [4.78, 5) is 6.69. The van der Waals surface area contributed by atoms with Crippen molar-refractivity contribution in [1.29, 1.82) is 0 Å². The van der Waals surface area contributed by atoms with E-state index < -0.39 is 0 Å². The third-order valence-corrected chi connectivity index (χ3v) is 4.52. The number of nitrogens with zero attached hydrogens (tertiary/aromatic N) is 2. The van der Waals surface area contributed by atoms with E-state index in [2.05, 4.69) is 30.7 Å². The second kappa shape index (κ2) is 9.00. The molecular weight excluding hydrogens is 353 g/mol. The van der Waals surface area contributed by atoms with Gasteiger partial charge in [-0.25, -0.2) is 0 Å². The minimum Gasteiger partial charge on any atom is -0.396 e. The Hall–Kier alpha value is -0.0400. The van der Waals surface area contributed by atoms with Crippen LogP contribution >= 0.6 is 24.0 Å². The molecule has 0 radical (unpaired) electrons. The fourth-order valence-corrected chi connectivity index (χ4v) is 2.33. The number of aliphatic hydroxyl groups is 1. The third kappa shape index (κ3) is 5.45. The number of nitrogens with two attached hydrogens (primary N) is 1. The van der Waals surface area contributed by atoms with Gasteiger partial charge in [-0.1, -0.05) is 20.8 Å². The number of aliphatic imine (C=N–C) groups is 1. The van der Waals surface area contributed by atoms with Gasteiger partial charge in [-0.2, -0.15) is 0 Å². The molecule has 0 aromatic heterocycles. The van der Waals surface area contributed by atoms with Crippen molar-refractivity contribution >= 4 is 29.9 Å². The molecule has 19 heavy (non-hydrogen) atoms. The standard InChI is InChI=1S/C14H29N3O.HI/c1-4-14(5-2,11-18)10-16-13(15)17-8-6-12(3)7-9-17;/h12,18H,4-11H2,1-3H3,(H2,15,16);1H. The molecule has 4 nitrogen and oxygen atoms in total. The summed E-state index contributed by atoms with van der Waals surface area (Å²) in [6, 6.07) is 0. The van der Waals surface area contributed by atoms with Gasteiger partial charge in [0.15, 0.2) is 5.96 Å². The van der Waals surface area contributed by atoms with Crippen LogP contribution in [0.2, 0.25) is 0 Å². The van der Waals surface area contributed by atoms with Crippen LogP contribution in [-0.2, 0) is 0 Å². The third-order valence-electron chi connectivity index (χ3n) is 4.52. The molecular formula is C14H30IN3O. The number of hydrogen-bond acceptors (Lipinski definition) is 2. The first kappa shape index (κ1) is 19.0. The van der Waals surface area contributed by atoms with Crippen molar-refractivity contribution in [2.45, 2.75) is 46.5 Å². The predicted molar refractivity (Wildman–Crippen MR) is 92.0 cm³/mol. The molecule has 0 spiro atoms. The normalized spacial score (nSPS) is 18.3. The van der Waals surface area contributed by atoms with E-state index in [-0.39, 0.29) is 36.0 Å². The second-order valence-corrected chi connectivity index (χ2v) is 5.71. The summed E-state index contributed by atoms with van der Waals surface area (Å²) in [7, 11) is 0. The van der Waals surface area contributed by atoms with Crippen molar-refractivity contribution in [2.24, 2.45) is 22.1 Å². The van der Waals surface area contributed by atoms with Gasteiger partial charge in [-0.3, -0.25) is 4.99 Å². The van der Waals surface area contributed by atoms with Crippen molar-refractivity contribution < 1.29 is 5.11 Å². The van der Waals surface area contributed by atoms with E-state index in [0.717, 1.165) is 31.8 Å². The lowest BCUT2D eigenvalue weighted by Crippen LogP contribution is -2.43. The van der Waals surface area contributed by atoms with Crippen LogP contribution in [0.25, 0.3) is 0 Å². The molecule has 1 heterocycles. The highest BCUT2D eigenvalue weighted by molar-refractivity contribution is 14.0. The number of guanidine groups is 1. The molecule has 0 atom stereocenters. The number of hydrogen-bond donors (Lipinski definition) is 2. The molecule has 1 aliphatic rings. The smallest absolute Gasteiger partial charge is 0.191 e. The second-order valence-electron chi connectivity index (χ2n) is 5.71. The fraction of sp³-hybridized carbons (Fsp3) is 0.929. The summed E-state index contributed by atoms with van der Waals surface area (Å²) in [5.41, 5.74) is 5.97. The quantitative estimate of drug-likeness (QED) is 0.436. The van der Waals surface area contributed by atoms with Gasteiger partial charge in [-0.15, -0.1) is 24.0 Å². The zero-order valence-electron chi connectivity index (χ0n) is 12.6. The molecule has 1 fully saturated rings. The average molecular weight is 383 g/mol. The van der Waals surface area contributed by atoms with Crippen LogP contribution in [0.3, 0.4) is 0 Å². The molecule has 0 aromatic carbocycles. The summed E-state index contributed by atoms with van der Waals surface area (Å²) in [5.74, 6) is 1.46. The maximum Gasteiger partial charge on any atom is 0.191 e. The van der Waals surface area contributed by atoms with E-state index >= 15 is 0 Å². The first-order valence-corrected chi connectivity index (χ1v) is 7.22. The Morgan fingerprint density at radius 3 is 2.26 bits per heavy atom. The van der Waals surface area contributed by atoms with E-state index in [0.29, 0.717) is 12.5 Å². The van der Waals surface area contributed by atoms with Gasteiger partial charge in [0.05, 0.1) is 13.2 Å². The Morgan fingerprint density at radius 2 is 1.84 bits per heavy atom. The van der Waals surface area contributed by atoms with E-state index in [1.807, 2.05) is 0 Å². The molecule has 1 aliphatic heterocycles. The highest BCUT2D eigenvalue weighted by Crippen LogP contribution is 2.26. The van der Waals surface area contributed by atoms with E-state index in [9.17, 15) is 5.11 Å². The van der Waals surface area contributed by atoms with Gasteiger partial charge in [0.25, 0.3) is 0 Å². The van der Waals surface area contributed by atoms with E-state index in [1.165, 1.54) is 12.8 Å². The van der Waals surface area contributed by atoms with Crippen LogP contribution in [0.5, 0.6) is 0 Å². The Morgan fingerprint density at radius 1 is 1.32 bits per heavy atom. The Labute approximate surface area is 134 Å². The van der Waals surface area contributed by atoms with Crippen molar-refractivity contribution in [3.63, 3.8) is 0 Å². The molecule has 5 heteroatoms. The summed E-state index contributed by atoms with van der Waals surface area (Å²) in [6.45, 7) is 9.35. The van der Waals surface area contributed by atoms with Crippen LogP contribution in [0.4, 0.5) is 0 Å². The SMILES string of the molecule is CCC(CC)(CO)CN=C(N)N1CCC(C)CC1.I. The van der Waals surface area contributed by atoms with Crippen LogP contribution in [-0.4, -0.2) is 42.2 Å². The number of piperidine rings is 1. The molecule has 0 saturated carbocycles. The largest absolute Gasteiger partial charge is 0.396 e. The molecule has 3 N–H and O–H groups in total. The van der Waals surface area contributed by atoms with Crippen molar-refractivity contribution in [3.8, 4) is 0 Å². The zero-order valence-corrected chi connectivity index (χ0v) is 14.9. The van der Waals surface area contributed by atoms with Crippen LogP contribution in [0.1, 0.15) is 46.5 Å². The first-order valence-electron chi connectivity index (χ1n) is 7.22. The first-order chi connectivity index (χ1) is 8.56. The van der Waals surface area contributed by atoms with Gasteiger partial charge >= 0.3 is 0 Å². The number of likely N-dealkylation sites (tertiary alicyclic amines) is 1. The maximum atomic E-state index is 9.51. The molecule has 114 valence electrons. The summed E-state index contributed by atoms with van der Waals surface area (Å²) in [6.07, 6.45) is 4.27. The van der Waals surface area contributed by atoms with Crippen LogP contribution in [0.15, 0.2) is 4.99 Å². The summed E-state index contributed by atoms with van der Waals surface area (Å²) < 4.78 is 0. The lowest BCUT2D eigenvalue weighted by molar-refractivity contribution is 0.123. The number of halogens is 1. The molecule has 0 bridgehead atoms. The molecule has 1 saturated heterocycles. The minimum atomic E-state index is -0.0896. The van der Waals surface area contributed by atoms with Crippen LogP contribution < -0.4 is 5.73 Å². The zero-order chi connectivity index (χ0) is 13.6. The van der Waals surface area contributed by atoms with Gasteiger partial charge < -0.3 is 15.7 Å². The lowest BCUT2D eigenvalue weighted by Gasteiger charge is -2.32. The van der Waals surface area contributed by atoms with E-state index in [4.69, 9.17) is 5.73 Å². The van der Waals surface area contributed by atoms with Crippen LogP contribution in [0, 0.1) is 11.3 Å². The molecule has 0 aliphatic carbocycles. The highest BCUT2D eigenvalue weighted by atomic mass is 127. The Balaban J connectivity index is 0.00000324. The topological polar surface area (TPSA) is 61.9 Å². The maximum absolute atomic E-state index is 9.51. The predicted octanol–water partition coefficient (Wildman–Crippen LogP) is 2.45. The van der Waals surface area contributed by atoms with Gasteiger partial charge in [0, 0.05) is 18.5 Å².